The molecule has 1 heteroatoms. The summed E-state index contributed by atoms with van der Waals surface area (Å²) < 4.78 is 0. The summed E-state index contributed by atoms with van der Waals surface area (Å²) in [5, 5.41) is 10.1. The Balaban J connectivity index is 3.16. The molecule has 0 aliphatic rings. The molecule has 0 rings (SSSR count). The van der Waals surface area contributed by atoms with Gasteiger partial charge in [0.25, 0.3) is 0 Å². The molecular formula is C9H19O. The largest absolute Gasteiger partial charge is 0.237 e. The summed E-state index contributed by atoms with van der Waals surface area (Å²) >= 11 is 0. The molecule has 1 nitrogen and oxygen atoms in total. The maximum atomic E-state index is 10.1. The maximum Gasteiger partial charge on any atom is 0.0822 e. The van der Waals surface area contributed by atoms with Gasteiger partial charge in [-0.25, -0.2) is 5.11 Å². The molecular weight excluding hydrogens is 124 g/mol. The van der Waals surface area contributed by atoms with Crippen molar-refractivity contribution in [1.82, 2.24) is 0 Å². The highest BCUT2D eigenvalue weighted by molar-refractivity contribution is 4.55. The van der Waals surface area contributed by atoms with Gasteiger partial charge in [0, 0.05) is 0 Å². The van der Waals surface area contributed by atoms with Crippen LogP contribution in [0, 0.1) is 11.8 Å². The number of rotatable bonds is 5. The van der Waals surface area contributed by atoms with Crippen LogP contribution < -0.4 is 0 Å². The molecule has 0 aromatic heterocycles. The second-order valence-corrected chi connectivity index (χ2v) is 3.58. The zero-order valence-corrected chi connectivity index (χ0v) is 7.39. The van der Waals surface area contributed by atoms with Crippen molar-refractivity contribution >= 4 is 0 Å². The fourth-order valence-electron chi connectivity index (χ4n) is 1.35. The predicted molar refractivity (Wildman–Crippen MR) is 43.4 cm³/mol. The molecule has 10 heavy (non-hydrogen) atoms. The Hall–Kier alpha value is -0.0400. The molecule has 0 N–H and O–H groups in total. The summed E-state index contributed by atoms with van der Waals surface area (Å²) in [7, 11) is 0. The van der Waals surface area contributed by atoms with Crippen LogP contribution in [-0.2, 0) is 5.11 Å². The smallest absolute Gasteiger partial charge is 0.0822 e. The normalized spacial score (nSPS) is 14.1. The van der Waals surface area contributed by atoms with Crippen LogP contribution in [0.5, 0.6) is 0 Å². The van der Waals surface area contributed by atoms with E-state index in [2.05, 4.69) is 20.8 Å². The van der Waals surface area contributed by atoms with Gasteiger partial charge in [-0.15, -0.1) is 0 Å². The molecule has 0 amide bonds. The van der Waals surface area contributed by atoms with Crippen LogP contribution in [0.15, 0.2) is 0 Å². The molecule has 1 radical (unpaired) electrons. The highest BCUT2D eigenvalue weighted by atomic mass is 16.2. The van der Waals surface area contributed by atoms with E-state index in [4.69, 9.17) is 0 Å². The molecule has 0 saturated heterocycles. The first kappa shape index (κ1) is 9.96. The second-order valence-electron chi connectivity index (χ2n) is 3.58. The molecule has 0 aromatic carbocycles. The van der Waals surface area contributed by atoms with Crippen molar-refractivity contribution in [2.45, 2.75) is 40.0 Å². The van der Waals surface area contributed by atoms with Crippen LogP contribution in [0.2, 0.25) is 0 Å². The summed E-state index contributed by atoms with van der Waals surface area (Å²) in [4.78, 5) is 0. The van der Waals surface area contributed by atoms with E-state index in [0.29, 0.717) is 0 Å². The van der Waals surface area contributed by atoms with Crippen LogP contribution in [0.3, 0.4) is 0 Å². The van der Waals surface area contributed by atoms with E-state index in [9.17, 15) is 5.11 Å². The summed E-state index contributed by atoms with van der Waals surface area (Å²) in [6.45, 7) is 6.79. The van der Waals surface area contributed by atoms with Crippen molar-refractivity contribution in [2.24, 2.45) is 11.8 Å². The van der Waals surface area contributed by atoms with E-state index in [1.54, 1.807) is 0 Å². The van der Waals surface area contributed by atoms with Crippen LogP contribution in [0.25, 0.3) is 0 Å². The van der Waals surface area contributed by atoms with Gasteiger partial charge in [-0.05, 0) is 31.1 Å². The minimum Gasteiger partial charge on any atom is -0.237 e. The fourth-order valence-corrected chi connectivity index (χ4v) is 1.35. The van der Waals surface area contributed by atoms with Gasteiger partial charge in [0.1, 0.15) is 0 Å². The Labute approximate surface area is 64.5 Å². The zero-order chi connectivity index (χ0) is 7.98. The Morgan fingerprint density at radius 2 is 1.80 bits per heavy atom. The Kier molecular flexibility index (Phi) is 5.70. The minimum absolute atomic E-state index is 0.0996. The van der Waals surface area contributed by atoms with Crippen molar-refractivity contribution in [3.05, 3.63) is 0 Å². The van der Waals surface area contributed by atoms with Gasteiger partial charge < -0.3 is 0 Å². The van der Waals surface area contributed by atoms with Gasteiger partial charge in [-0.2, -0.15) is 0 Å². The van der Waals surface area contributed by atoms with E-state index < -0.39 is 0 Å². The van der Waals surface area contributed by atoms with E-state index in [-0.39, 0.29) is 6.61 Å². The Bertz CT molecular complexity index is 69.1. The lowest BCUT2D eigenvalue weighted by atomic mass is 9.95. The van der Waals surface area contributed by atoms with E-state index in [1.807, 2.05) is 0 Å². The van der Waals surface area contributed by atoms with E-state index >= 15 is 0 Å². The zero-order valence-electron chi connectivity index (χ0n) is 7.39. The van der Waals surface area contributed by atoms with Crippen LogP contribution in [0.1, 0.15) is 40.0 Å². The summed E-state index contributed by atoms with van der Waals surface area (Å²) in [6.07, 6.45) is 3.23. The summed E-state index contributed by atoms with van der Waals surface area (Å²) in [5.74, 6) is 1.52. The lowest BCUT2D eigenvalue weighted by molar-refractivity contribution is 0.179. The molecule has 0 heterocycles. The monoisotopic (exact) mass is 143 g/mol. The molecule has 0 spiro atoms. The molecule has 0 saturated carbocycles. The summed E-state index contributed by atoms with van der Waals surface area (Å²) in [6, 6.07) is 0. The third-order valence-electron chi connectivity index (χ3n) is 1.72. The van der Waals surface area contributed by atoms with Gasteiger partial charge in [0.05, 0.1) is 6.61 Å². The van der Waals surface area contributed by atoms with Crippen molar-refractivity contribution in [1.29, 1.82) is 0 Å². The minimum atomic E-state index is 0.0996. The van der Waals surface area contributed by atoms with Gasteiger partial charge in [0.15, 0.2) is 0 Å². The van der Waals surface area contributed by atoms with Gasteiger partial charge in [-0.3, -0.25) is 0 Å². The molecule has 61 valence electrons. The van der Waals surface area contributed by atoms with Crippen LogP contribution >= 0.6 is 0 Å². The quantitative estimate of drug-likeness (QED) is 0.564. The lowest BCUT2D eigenvalue weighted by Crippen LogP contribution is -2.00. The highest BCUT2D eigenvalue weighted by Gasteiger charge is 2.03. The average Bonchev–Trinajstić information content (AvgIpc) is 1.82. The first-order valence-corrected chi connectivity index (χ1v) is 4.25. The predicted octanol–water partition coefficient (Wildman–Crippen LogP) is 2.88. The lowest BCUT2D eigenvalue weighted by Gasteiger charge is -2.11. The molecule has 0 bridgehead atoms. The number of hydrogen-bond donors (Lipinski definition) is 0. The SMILES string of the molecule is CC(C)CC(C)CCC[O]. The highest BCUT2D eigenvalue weighted by Crippen LogP contribution is 2.15. The second kappa shape index (κ2) is 5.72. The van der Waals surface area contributed by atoms with Crippen molar-refractivity contribution in [2.75, 3.05) is 6.61 Å². The van der Waals surface area contributed by atoms with Crippen molar-refractivity contribution in [3.8, 4) is 0 Å². The molecule has 1 atom stereocenters. The van der Waals surface area contributed by atoms with Crippen LogP contribution in [0.4, 0.5) is 0 Å². The third-order valence-corrected chi connectivity index (χ3v) is 1.72. The van der Waals surface area contributed by atoms with E-state index in [1.165, 1.54) is 6.42 Å². The third kappa shape index (κ3) is 6.09. The first-order chi connectivity index (χ1) is 4.66. The van der Waals surface area contributed by atoms with Gasteiger partial charge in [-0.1, -0.05) is 20.8 Å². The topological polar surface area (TPSA) is 19.9 Å². The fraction of sp³-hybridized carbons (Fsp3) is 1.00. The molecule has 1 unspecified atom stereocenters. The Morgan fingerprint density at radius 1 is 1.20 bits per heavy atom. The van der Waals surface area contributed by atoms with Crippen LogP contribution in [-0.4, -0.2) is 6.61 Å². The van der Waals surface area contributed by atoms with Gasteiger partial charge in [0.2, 0.25) is 0 Å². The Morgan fingerprint density at radius 3 is 2.20 bits per heavy atom. The molecule has 0 aromatic rings. The van der Waals surface area contributed by atoms with Crippen molar-refractivity contribution in [3.63, 3.8) is 0 Å². The number of hydrogen-bond acceptors (Lipinski definition) is 0. The molecule has 0 aliphatic carbocycles. The van der Waals surface area contributed by atoms with Gasteiger partial charge >= 0.3 is 0 Å². The maximum absolute atomic E-state index is 10.1. The average molecular weight is 143 g/mol. The van der Waals surface area contributed by atoms with E-state index in [0.717, 1.165) is 24.7 Å². The summed E-state index contributed by atoms with van der Waals surface area (Å²) in [5.41, 5.74) is 0. The molecule has 0 aliphatic heterocycles. The molecule has 0 fully saturated rings. The first-order valence-electron chi connectivity index (χ1n) is 4.25. The van der Waals surface area contributed by atoms with Crippen molar-refractivity contribution < 1.29 is 5.11 Å². The standard InChI is InChI=1S/C9H19O/c1-8(2)7-9(3)5-4-6-10/h8-9H,4-7H2,1-3H3.